The lowest BCUT2D eigenvalue weighted by Crippen LogP contribution is -2.45. The van der Waals surface area contributed by atoms with Gasteiger partial charge in [0.15, 0.2) is 0 Å². The van der Waals surface area contributed by atoms with Gasteiger partial charge in [-0.05, 0) is 39.7 Å². The number of hydrogen-bond donors (Lipinski definition) is 1. The van der Waals surface area contributed by atoms with E-state index in [0.29, 0.717) is 18.8 Å². The number of nitrogens with two attached hydrogens (primary N) is 1. The van der Waals surface area contributed by atoms with Crippen LogP contribution in [0.4, 0.5) is 5.69 Å². The Bertz CT molecular complexity index is 618. The van der Waals surface area contributed by atoms with E-state index in [1.807, 2.05) is 13.8 Å². The van der Waals surface area contributed by atoms with Crippen molar-refractivity contribution < 1.29 is 14.5 Å². The van der Waals surface area contributed by atoms with E-state index in [-0.39, 0.29) is 29.7 Å². The molecule has 1 aromatic rings. The second-order valence-electron chi connectivity index (χ2n) is 6.67. The molecule has 0 aliphatic carbocycles. The summed E-state index contributed by atoms with van der Waals surface area (Å²) in [6, 6.07) is 4.94. The Balaban J connectivity index is 2.26. The number of nitrogens with zero attached hydrogens (tertiary/aromatic N) is 2. The summed E-state index contributed by atoms with van der Waals surface area (Å²) >= 11 is 0. The van der Waals surface area contributed by atoms with Crippen molar-refractivity contribution in [2.24, 2.45) is 11.7 Å². The molecule has 2 rings (SSSR count). The average molecular weight is 335 g/mol. The molecule has 132 valence electrons. The van der Waals surface area contributed by atoms with Gasteiger partial charge in [-0.1, -0.05) is 0 Å². The number of benzene rings is 1. The monoisotopic (exact) mass is 335 g/mol. The number of primary amides is 1. The third-order valence-corrected chi connectivity index (χ3v) is 4.40. The molecule has 1 aromatic carbocycles. The molecule has 0 bridgehead atoms. The van der Waals surface area contributed by atoms with Crippen LogP contribution in [0.25, 0.3) is 0 Å². The van der Waals surface area contributed by atoms with Gasteiger partial charge in [-0.2, -0.15) is 0 Å². The smallest absolute Gasteiger partial charge is 0.270 e. The van der Waals surface area contributed by atoms with Crippen molar-refractivity contribution in [2.75, 3.05) is 6.54 Å². The third-order valence-electron chi connectivity index (χ3n) is 4.40. The summed E-state index contributed by atoms with van der Waals surface area (Å²) in [6.07, 6.45) is 1.64. The number of non-ortho nitro benzene ring substituents is 1. The highest BCUT2D eigenvalue weighted by atomic mass is 16.6. The number of ether oxygens (including phenoxy) is 1. The van der Waals surface area contributed by atoms with Crippen molar-refractivity contribution in [2.45, 2.75) is 52.3 Å². The van der Waals surface area contributed by atoms with Crippen LogP contribution >= 0.6 is 0 Å². The summed E-state index contributed by atoms with van der Waals surface area (Å²) in [6.45, 7) is 6.99. The van der Waals surface area contributed by atoms with Crippen LogP contribution in [0.2, 0.25) is 0 Å². The number of hydrogen-bond acceptors (Lipinski definition) is 5. The Morgan fingerprint density at radius 1 is 1.46 bits per heavy atom. The van der Waals surface area contributed by atoms with Gasteiger partial charge in [0.05, 0.1) is 16.9 Å². The fraction of sp³-hybridized carbons (Fsp3) is 0.588. The van der Waals surface area contributed by atoms with Gasteiger partial charge in [-0.3, -0.25) is 19.8 Å². The second-order valence-corrected chi connectivity index (χ2v) is 6.67. The largest absolute Gasteiger partial charge is 0.491 e. The summed E-state index contributed by atoms with van der Waals surface area (Å²) in [5.41, 5.74) is 6.25. The van der Waals surface area contributed by atoms with Gasteiger partial charge >= 0.3 is 0 Å². The van der Waals surface area contributed by atoms with Gasteiger partial charge in [-0.25, -0.2) is 0 Å². The normalized spacial score (nSPS) is 21.7. The molecule has 0 spiro atoms. The van der Waals surface area contributed by atoms with Crippen molar-refractivity contribution in [3.05, 3.63) is 33.9 Å². The first kappa shape index (κ1) is 18.2. The lowest BCUT2D eigenvalue weighted by atomic mass is 9.92. The number of amides is 1. The summed E-state index contributed by atoms with van der Waals surface area (Å²) < 4.78 is 5.79. The Morgan fingerprint density at radius 2 is 2.17 bits per heavy atom. The highest BCUT2D eigenvalue weighted by molar-refractivity contribution is 5.77. The fourth-order valence-electron chi connectivity index (χ4n) is 3.02. The standard InChI is InChI=1S/C17H25N3O4/c1-11(2)24-16-7-6-15(20(22)23)8-14(16)10-19-9-13(17(18)21)5-4-12(19)3/h6-8,11-13H,4-5,9-10H2,1-3H3,(H2,18,21)/t12-,13+/m1/s1. The molecular weight excluding hydrogens is 310 g/mol. The topological polar surface area (TPSA) is 98.7 Å². The highest BCUT2D eigenvalue weighted by Crippen LogP contribution is 2.30. The van der Waals surface area contributed by atoms with Gasteiger partial charge in [0.1, 0.15) is 5.75 Å². The van der Waals surface area contributed by atoms with Crippen LogP contribution in [0.3, 0.4) is 0 Å². The molecule has 7 nitrogen and oxygen atoms in total. The van der Waals surface area contributed by atoms with E-state index < -0.39 is 4.92 Å². The molecule has 2 N–H and O–H groups in total. The summed E-state index contributed by atoms with van der Waals surface area (Å²) in [4.78, 5) is 24.3. The predicted octanol–water partition coefficient (Wildman–Crippen LogP) is 2.47. The number of carbonyl (C=O) groups excluding carboxylic acids is 1. The van der Waals surface area contributed by atoms with Gasteiger partial charge < -0.3 is 10.5 Å². The van der Waals surface area contributed by atoms with Crippen molar-refractivity contribution in [1.29, 1.82) is 0 Å². The summed E-state index contributed by atoms with van der Waals surface area (Å²) in [5.74, 6) is 0.183. The van der Waals surface area contributed by atoms with Crippen molar-refractivity contribution >= 4 is 11.6 Å². The van der Waals surface area contributed by atoms with E-state index in [2.05, 4.69) is 11.8 Å². The number of likely N-dealkylation sites (tertiary alicyclic amines) is 1. The molecule has 24 heavy (non-hydrogen) atoms. The number of rotatable bonds is 6. The van der Waals surface area contributed by atoms with Crippen LogP contribution in [0.5, 0.6) is 5.75 Å². The zero-order valence-electron chi connectivity index (χ0n) is 14.4. The molecule has 7 heteroatoms. The molecule has 1 amide bonds. The quantitative estimate of drug-likeness (QED) is 0.636. The van der Waals surface area contributed by atoms with Crippen molar-refractivity contribution in [3.8, 4) is 5.75 Å². The van der Waals surface area contributed by atoms with Gasteiger partial charge in [0, 0.05) is 36.8 Å². The van der Waals surface area contributed by atoms with E-state index in [4.69, 9.17) is 10.5 Å². The van der Waals surface area contributed by atoms with E-state index in [9.17, 15) is 14.9 Å². The van der Waals surface area contributed by atoms with E-state index in [1.165, 1.54) is 6.07 Å². The summed E-state index contributed by atoms with van der Waals surface area (Å²) in [5, 5.41) is 11.1. The molecule has 1 fully saturated rings. The maximum absolute atomic E-state index is 11.5. The number of piperidine rings is 1. The molecule has 0 unspecified atom stereocenters. The predicted molar refractivity (Wildman–Crippen MR) is 90.7 cm³/mol. The van der Waals surface area contributed by atoms with Crippen LogP contribution < -0.4 is 10.5 Å². The second kappa shape index (κ2) is 7.61. The van der Waals surface area contributed by atoms with Crippen LogP contribution in [-0.4, -0.2) is 34.4 Å². The lowest BCUT2D eigenvalue weighted by Gasteiger charge is -2.37. The maximum Gasteiger partial charge on any atom is 0.270 e. The molecule has 0 radical (unpaired) electrons. The highest BCUT2D eigenvalue weighted by Gasteiger charge is 2.29. The number of nitro benzene ring substituents is 1. The van der Waals surface area contributed by atoms with Crippen LogP contribution in [0, 0.1) is 16.0 Å². The molecule has 2 atom stereocenters. The number of carbonyl (C=O) groups is 1. The third kappa shape index (κ3) is 4.44. The zero-order valence-corrected chi connectivity index (χ0v) is 14.4. The van der Waals surface area contributed by atoms with Crippen molar-refractivity contribution in [3.63, 3.8) is 0 Å². The number of nitro groups is 1. The SMILES string of the molecule is CC(C)Oc1ccc([N+](=O)[O-])cc1CN1C[C@@H](C(N)=O)CC[C@H]1C. The molecule has 0 saturated carbocycles. The van der Waals surface area contributed by atoms with Crippen LogP contribution in [0.15, 0.2) is 18.2 Å². The van der Waals surface area contributed by atoms with Gasteiger partial charge in [0.2, 0.25) is 5.91 Å². The zero-order chi connectivity index (χ0) is 17.9. The molecule has 1 heterocycles. The van der Waals surface area contributed by atoms with Gasteiger partial charge in [0.25, 0.3) is 5.69 Å². The van der Waals surface area contributed by atoms with E-state index >= 15 is 0 Å². The minimum Gasteiger partial charge on any atom is -0.491 e. The van der Waals surface area contributed by atoms with E-state index in [1.54, 1.807) is 12.1 Å². The Hall–Kier alpha value is -2.15. The first-order chi connectivity index (χ1) is 11.3. The Morgan fingerprint density at radius 3 is 2.75 bits per heavy atom. The average Bonchev–Trinajstić information content (AvgIpc) is 2.50. The maximum atomic E-state index is 11.5. The summed E-state index contributed by atoms with van der Waals surface area (Å²) in [7, 11) is 0. The van der Waals surface area contributed by atoms with Gasteiger partial charge in [-0.15, -0.1) is 0 Å². The molecule has 0 aromatic heterocycles. The first-order valence-electron chi connectivity index (χ1n) is 8.25. The fourth-order valence-corrected chi connectivity index (χ4v) is 3.02. The molecular formula is C17H25N3O4. The lowest BCUT2D eigenvalue weighted by molar-refractivity contribution is -0.385. The van der Waals surface area contributed by atoms with Crippen LogP contribution in [0.1, 0.15) is 39.2 Å². The first-order valence-corrected chi connectivity index (χ1v) is 8.25. The minimum atomic E-state index is -0.408. The van der Waals surface area contributed by atoms with E-state index in [0.717, 1.165) is 18.4 Å². The minimum absolute atomic E-state index is 0.0256. The Labute approximate surface area is 141 Å². The molecule has 1 aliphatic rings. The molecule has 1 saturated heterocycles. The van der Waals surface area contributed by atoms with Crippen molar-refractivity contribution in [1.82, 2.24) is 4.90 Å². The molecule has 1 aliphatic heterocycles. The Kier molecular flexibility index (Phi) is 5.77. The van der Waals surface area contributed by atoms with Crippen LogP contribution in [-0.2, 0) is 11.3 Å².